The van der Waals surface area contributed by atoms with E-state index in [-0.39, 0.29) is 22.0 Å². The van der Waals surface area contributed by atoms with Gasteiger partial charge in [-0.05, 0) is 32.0 Å². The first-order chi connectivity index (χ1) is 11.4. The van der Waals surface area contributed by atoms with E-state index < -0.39 is 10.8 Å². The van der Waals surface area contributed by atoms with Crippen LogP contribution in [0.25, 0.3) is 5.65 Å². The van der Waals surface area contributed by atoms with Gasteiger partial charge in [0.1, 0.15) is 11.3 Å². The molecule has 0 spiro atoms. The van der Waals surface area contributed by atoms with Crippen LogP contribution in [0.4, 0.5) is 11.4 Å². The molecule has 0 saturated heterocycles. The molecule has 0 saturated carbocycles. The molecule has 0 aliphatic carbocycles. The number of amides is 1. The molecule has 9 heteroatoms. The van der Waals surface area contributed by atoms with Crippen molar-refractivity contribution in [3.63, 3.8) is 0 Å². The van der Waals surface area contributed by atoms with Gasteiger partial charge in [-0.2, -0.15) is 5.10 Å². The molecule has 3 aromatic rings. The van der Waals surface area contributed by atoms with E-state index in [1.807, 2.05) is 19.9 Å². The molecule has 0 bridgehead atoms. The number of aryl methyl sites for hydroxylation is 2. The van der Waals surface area contributed by atoms with Crippen molar-refractivity contribution < 1.29 is 9.72 Å². The third-order valence-electron chi connectivity index (χ3n) is 3.43. The Bertz CT molecular complexity index is 983. The lowest BCUT2D eigenvalue weighted by atomic mass is 10.2. The summed E-state index contributed by atoms with van der Waals surface area (Å²) in [5.74, 6) is -0.534. The van der Waals surface area contributed by atoms with Crippen molar-refractivity contribution in [2.75, 3.05) is 5.32 Å². The normalized spacial score (nSPS) is 10.8. The van der Waals surface area contributed by atoms with Crippen molar-refractivity contribution in [1.29, 1.82) is 0 Å². The molecular formula is C15H12ClN5O3. The fourth-order valence-electron chi connectivity index (χ4n) is 2.38. The third kappa shape index (κ3) is 2.79. The van der Waals surface area contributed by atoms with E-state index in [2.05, 4.69) is 15.4 Å². The monoisotopic (exact) mass is 345 g/mol. The largest absolute Gasteiger partial charge is 0.316 e. The molecule has 8 nitrogen and oxygen atoms in total. The molecule has 1 amide bonds. The zero-order valence-electron chi connectivity index (χ0n) is 12.8. The predicted molar refractivity (Wildman–Crippen MR) is 88.5 cm³/mol. The van der Waals surface area contributed by atoms with E-state index in [9.17, 15) is 14.9 Å². The molecule has 24 heavy (non-hydrogen) atoms. The van der Waals surface area contributed by atoms with E-state index in [1.165, 1.54) is 28.9 Å². The van der Waals surface area contributed by atoms with E-state index >= 15 is 0 Å². The lowest BCUT2D eigenvalue weighted by Crippen LogP contribution is -2.13. The van der Waals surface area contributed by atoms with Crippen LogP contribution in [0.3, 0.4) is 0 Å². The highest BCUT2D eigenvalue weighted by molar-refractivity contribution is 6.31. The minimum atomic E-state index is -0.607. The topological polar surface area (TPSA) is 102 Å². The summed E-state index contributed by atoms with van der Waals surface area (Å²) in [6, 6.07) is 5.87. The van der Waals surface area contributed by atoms with Crippen molar-refractivity contribution in [3.8, 4) is 0 Å². The maximum Gasteiger partial charge on any atom is 0.294 e. The lowest BCUT2D eigenvalue weighted by molar-refractivity contribution is -0.383. The SMILES string of the molecule is Cc1cc(C)n2ncc(C(=O)Nc3ccc(Cl)cc3[N+](=O)[O-])c2n1. The molecule has 0 unspecified atom stereocenters. The van der Waals surface area contributed by atoms with Crippen LogP contribution in [-0.2, 0) is 0 Å². The first-order valence-corrected chi connectivity index (χ1v) is 7.32. The van der Waals surface area contributed by atoms with Crippen LogP contribution in [0.15, 0.2) is 30.5 Å². The zero-order chi connectivity index (χ0) is 17.4. The summed E-state index contributed by atoms with van der Waals surface area (Å²) in [4.78, 5) is 27.3. The highest BCUT2D eigenvalue weighted by Crippen LogP contribution is 2.28. The summed E-state index contributed by atoms with van der Waals surface area (Å²) in [5.41, 5.74) is 1.96. The Labute approximate surface area is 141 Å². The fourth-order valence-corrected chi connectivity index (χ4v) is 2.55. The Kier molecular flexibility index (Phi) is 3.90. The van der Waals surface area contributed by atoms with Crippen LogP contribution in [0.1, 0.15) is 21.7 Å². The Morgan fingerprint density at radius 1 is 1.33 bits per heavy atom. The number of benzene rings is 1. The molecule has 0 aliphatic heterocycles. The van der Waals surface area contributed by atoms with Gasteiger partial charge in [0.25, 0.3) is 11.6 Å². The Balaban J connectivity index is 2.01. The Hall–Kier alpha value is -3.00. The number of nitrogens with zero attached hydrogens (tertiary/aromatic N) is 4. The minimum absolute atomic E-state index is 0.0538. The summed E-state index contributed by atoms with van der Waals surface area (Å²) in [6.07, 6.45) is 1.38. The molecule has 2 aromatic heterocycles. The van der Waals surface area contributed by atoms with Crippen molar-refractivity contribution in [3.05, 3.63) is 62.6 Å². The first kappa shape index (κ1) is 15.9. The molecule has 0 atom stereocenters. The number of nitro groups is 1. The number of nitro benzene ring substituents is 1. The van der Waals surface area contributed by atoms with Crippen LogP contribution in [0, 0.1) is 24.0 Å². The molecule has 0 aliphatic rings. The summed E-state index contributed by atoms with van der Waals surface area (Å²) < 4.78 is 1.54. The third-order valence-corrected chi connectivity index (χ3v) is 3.66. The molecule has 2 heterocycles. The zero-order valence-corrected chi connectivity index (χ0v) is 13.5. The van der Waals surface area contributed by atoms with E-state index in [0.717, 1.165) is 11.4 Å². The van der Waals surface area contributed by atoms with Gasteiger partial charge >= 0.3 is 0 Å². The molecule has 1 N–H and O–H groups in total. The average molecular weight is 346 g/mol. The summed E-state index contributed by atoms with van der Waals surface area (Å²) in [7, 11) is 0. The second-order valence-corrected chi connectivity index (χ2v) is 5.64. The lowest BCUT2D eigenvalue weighted by Gasteiger charge is -2.06. The van der Waals surface area contributed by atoms with Gasteiger partial charge in [-0.3, -0.25) is 14.9 Å². The van der Waals surface area contributed by atoms with Crippen molar-refractivity contribution in [2.24, 2.45) is 0 Å². The maximum atomic E-state index is 12.5. The average Bonchev–Trinajstić information content (AvgIpc) is 2.92. The van der Waals surface area contributed by atoms with Gasteiger partial charge in [0.15, 0.2) is 5.65 Å². The predicted octanol–water partition coefficient (Wildman–Crippen LogP) is 3.16. The van der Waals surface area contributed by atoms with Gasteiger partial charge in [-0.1, -0.05) is 11.6 Å². The number of aromatic nitrogens is 3. The summed E-state index contributed by atoms with van der Waals surface area (Å²) in [6.45, 7) is 3.66. The van der Waals surface area contributed by atoms with Gasteiger partial charge in [0, 0.05) is 22.5 Å². The number of hydrogen-bond acceptors (Lipinski definition) is 5. The van der Waals surface area contributed by atoms with Gasteiger partial charge in [-0.15, -0.1) is 0 Å². The van der Waals surface area contributed by atoms with E-state index in [4.69, 9.17) is 11.6 Å². The fraction of sp³-hybridized carbons (Fsp3) is 0.133. The highest BCUT2D eigenvalue weighted by atomic mass is 35.5. The van der Waals surface area contributed by atoms with Crippen molar-refractivity contribution in [1.82, 2.24) is 14.6 Å². The van der Waals surface area contributed by atoms with Crippen LogP contribution in [0.5, 0.6) is 0 Å². The van der Waals surface area contributed by atoms with Crippen molar-refractivity contribution >= 4 is 34.5 Å². The van der Waals surface area contributed by atoms with Crippen LogP contribution >= 0.6 is 11.6 Å². The Morgan fingerprint density at radius 3 is 2.79 bits per heavy atom. The second kappa shape index (κ2) is 5.89. The van der Waals surface area contributed by atoms with Gasteiger partial charge < -0.3 is 5.32 Å². The van der Waals surface area contributed by atoms with Crippen LogP contribution < -0.4 is 5.32 Å². The maximum absolute atomic E-state index is 12.5. The summed E-state index contributed by atoms with van der Waals surface area (Å²) in [5, 5.41) is 18.0. The molecular weight excluding hydrogens is 334 g/mol. The molecule has 1 aromatic carbocycles. The number of rotatable bonds is 3. The molecule has 0 fully saturated rings. The number of fused-ring (bicyclic) bond motifs is 1. The molecule has 122 valence electrons. The number of halogens is 1. The number of carbonyl (C=O) groups is 1. The number of hydrogen-bond donors (Lipinski definition) is 1. The van der Waals surface area contributed by atoms with E-state index in [1.54, 1.807) is 0 Å². The van der Waals surface area contributed by atoms with Gasteiger partial charge in [0.05, 0.1) is 11.1 Å². The second-order valence-electron chi connectivity index (χ2n) is 5.21. The van der Waals surface area contributed by atoms with Gasteiger partial charge in [0.2, 0.25) is 0 Å². The number of carbonyl (C=O) groups excluding carboxylic acids is 1. The van der Waals surface area contributed by atoms with Gasteiger partial charge in [-0.25, -0.2) is 9.50 Å². The quantitative estimate of drug-likeness (QED) is 0.580. The van der Waals surface area contributed by atoms with Crippen LogP contribution in [0.2, 0.25) is 5.02 Å². The van der Waals surface area contributed by atoms with E-state index in [0.29, 0.717) is 5.65 Å². The van der Waals surface area contributed by atoms with Crippen LogP contribution in [-0.4, -0.2) is 25.4 Å². The highest BCUT2D eigenvalue weighted by Gasteiger charge is 2.20. The minimum Gasteiger partial charge on any atom is -0.316 e. The van der Waals surface area contributed by atoms with Crippen molar-refractivity contribution in [2.45, 2.75) is 13.8 Å². The number of nitrogens with one attached hydrogen (secondary N) is 1. The molecule has 0 radical (unpaired) electrons. The Morgan fingerprint density at radius 2 is 2.08 bits per heavy atom. The number of anilines is 1. The molecule has 3 rings (SSSR count). The first-order valence-electron chi connectivity index (χ1n) is 6.94. The summed E-state index contributed by atoms with van der Waals surface area (Å²) >= 11 is 5.77. The smallest absolute Gasteiger partial charge is 0.294 e. The standard InChI is InChI=1S/C15H12ClN5O3/c1-8-5-9(2)20-14(18-8)11(7-17-20)15(22)19-12-4-3-10(16)6-13(12)21(23)24/h3-7H,1-2H3,(H,19,22).